The van der Waals surface area contributed by atoms with Crippen molar-refractivity contribution in [3.63, 3.8) is 0 Å². The quantitative estimate of drug-likeness (QED) is 0.483. The van der Waals surface area contributed by atoms with Crippen LogP contribution < -0.4 is 20.9 Å². The van der Waals surface area contributed by atoms with Gasteiger partial charge in [-0.1, -0.05) is 29.5 Å². The predicted octanol–water partition coefficient (Wildman–Crippen LogP) is 4.69. The number of nitriles is 1. The van der Waals surface area contributed by atoms with Crippen molar-refractivity contribution in [1.29, 1.82) is 5.26 Å². The van der Waals surface area contributed by atoms with Crippen molar-refractivity contribution in [2.75, 3.05) is 50.5 Å². The van der Waals surface area contributed by atoms with Crippen LogP contribution in [0.4, 0.5) is 10.8 Å². The predicted molar refractivity (Wildman–Crippen MR) is 141 cm³/mol. The Bertz CT molecular complexity index is 1180. The largest absolute Gasteiger partial charge is 0.388 e. The zero-order valence-electron chi connectivity index (χ0n) is 19.9. The molecule has 34 heavy (non-hydrogen) atoms. The third-order valence-corrected chi connectivity index (χ3v) is 8.50. The number of aromatic nitrogens is 1. The average molecular weight is 473 g/mol. The highest BCUT2D eigenvalue weighted by Crippen LogP contribution is 2.44. The van der Waals surface area contributed by atoms with E-state index in [1.165, 1.54) is 35.3 Å². The molecule has 3 heterocycles. The van der Waals surface area contributed by atoms with Gasteiger partial charge in [-0.3, -0.25) is 0 Å². The summed E-state index contributed by atoms with van der Waals surface area (Å²) in [5, 5.41) is 20.5. The highest BCUT2D eigenvalue weighted by molar-refractivity contribution is 7.19. The number of hydrogen-bond acceptors (Lipinski definition) is 7. The summed E-state index contributed by atoms with van der Waals surface area (Å²) in [6.45, 7) is 5.23. The molecule has 0 amide bonds. The molecular formula is C27H32N6S. The van der Waals surface area contributed by atoms with E-state index in [2.05, 4.69) is 45.1 Å². The zero-order valence-corrected chi connectivity index (χ0v) is 20.8. The molecule has 3 N–H and O–H groups in total. The fourth-order valence-electron chi connectivity index (χ4n) is 5.25. The molecule has 5 rings (SSSR count). The minimum atomic E-state index is 0.484. The highest BCUT2D eigenvalue weighted by Gasteiger charge is 2.37. The van der Waals surface area contributed by atoms with Crippen LogP contribution in [0.3, 0.4) is 0 Å². The van der Waals surface area contributed by atoms with Crippen LogP contribution >= 0.6 is 11.3 Å². The van der Waals surface area contributed by atoms with Crippen molar-refractivity contribution in [2.45, 2.75) is 25.8 Å². The van der Waals surface area contributed by atoms with Crippen LogP contribution in [0.2, 0.25) is 0 Å². The Morgan fingerprint density at radius 3 is 2.50 bits per heavy atom. The smallest absolute Gasteiger partial charge is 0.186 e. The molecule has 0 radical (unpaired) electrons. The maximum absolute atomic E-state index is 9.24. The second kappa shape index (κ2) is 9.75. The zero-order chi connectivity index (χ0) is 23.5. The van der Waals surface area contributed by atoms with Gasteiger partial charge >= 0.3 is 0 Å². The number of benzene rings is 2. The summed E-state index contributed by atoms with van der Waals surface area (Å²) in [5.74, 6) is 0. The lowest BCUT2D eigenvalue weighted by atomic mass is 9.78. The Morgan fingerprint density at radius 1 is 1.09 bits per heavy atom. The van der Waals surface area contributed by atoms with E-state index in [0.717, 1.165) is 54.8 Å². The molecule has 0 saturated carbocycles. The van der Waals surface area contributed by atoms with Crippen molar-refractivity contribution >= 4 is 22.2 Å². The lowest BCUT2D eigenvalue weighted by Crippen LogP contribution is -2.41. The van der Waals surface area contributed by atoms with E-state index in [9.17, 15) is 5.26 Å². The van der Waals surface area contributed by atoms with Gasteiger partial charge < -0.3 is 20.9 Å². The third kappa shape index (κ3) is 4.41. The third-order valence-electron chi connectivity index (χ3n) is 7.33. The minimum Gasteiger partial charge on any atom is -0.388 e. The van der Waals surface area contributed by atoms with Crippen molar-refractivity contribution in [3.05, 3.63) is 53.6 Å². The Morgan fingerprint density at radius 2 is 1.85 bits per heavy atom. The second-order valence-electron chi connectivity index (χ2n) is 9.43. The van der Waals surface area contributed by atoms with Gasteiger partial charge in [-0.15, -0.1) is 0 Å². The lowest BCUT2D eigenvalue weighted by molar-refractivity contribution is 0.247. The van der Waals surface area contributed by atoms with Gasteiger partial charge in [0.05, 0.1) is 22.2 Å². The van der Waals surface area contributed by atoms with E-state index in [4.69, 9.17) is 4.98 Å². The molecule has 2 fully saturated rings. The van der Waals surface area contributed by atoms with Gasteiger partial charge in [-0.25, -0.2) is 4.98 Å². The molecule has 2 aliphatic heterocycles. The summed E-state index contributed by atoms with van der Waals surface area (Å²) >= 11 is 1.79. The molecular weight excluding hydrogens is 440 g/mol. The first-order valence-electron chi connectivity index (χ1n) is 12.1. The van der Waals surface area contributed by atoms with E-state index < -0.39 is 0 Å². The normalized spacial score (nSPS) is 17.1. The summed E-state index contributed by atoms with van der Waals surface area (Å²) < 4.78 is 0. The number of rotatable bonds is 6. The van der Waals surface area contributed by atoms with Crippen molar-refractivity contribution in [3.8, 4) is 27.8 Å². The molecule has 1 aromatic heterocycles. The van der Waals surface area contributed by atoms with Crippen LogP contribution in [-0.4, -0.2) is 45.3 Å². The van der Waals surface area contributed by atoms with Crippen LogP contribution in [0.5, 0.6) is 0 Å². The van der Waals surface area contributed by atoms with Crippen LogP contribution in [0, 0.1) is 16.7 Å². The molecule has 2 aliphatic rings. The van der Waals surface area contributed by atoms with Gasteiger partial charge in [0.15, 0.2) is 5.13 Å². The van der Waals surface area contributed by atoms with Gasteiger partial charge in [0.1, 0.15) is 0 Å². The van der Waals surface area contributed by atoms with Crippen LogP contribution in [-0.2, 0) is 6.54 Å². The number of nitrogens with zero attached hydrogens (tertiary/aromatic N) is 3. The molecule has 2 saturated heterocycles. The molecule has 6 nitrogen and oxygen atoms in total. The average Bonchev–Trinajstić information content (AvgIpc) is 3.53. The number of anilines is 2. The second-order valence-corrected chi connectivity index (χ2v) is 10.4. The molecule has 7 heteroatoms. The fraction of sp³-hybridized carbons (Fsp3) is 0.407. The van der Waals surface area contributed by atoms with Gasteiger partial charge in [-0.2, -0.15) is 5.26 Å². The summed E-state index contributed by atoms with van der Waals surface area (Å²) in [4.78, 5) is 8.84. The summed E-state index contributed by atoms with van der Waals surface area (Å²) in [6.07, 6.45) is 3.75. The first-order chi connectivity index (χ1) is 16.6. The molecule has 1 spiro atoms. The molecule has 176 valence electrons. The Hall–Kier alpha value is -2.92. The van der Waals surface area contributed by atoms with Crippen molar-refractivity contribution < 1.29 is 0 Å². The molecule has 0 aliphatic carbocycles. The topological polar surface area (TPSA) is 76.0 Å². The first-order valence-corrected chi connectivity index (χ1v) is 12.9. The molecule has 0 bridgehead atoms. The van der Waals surface area contributed by atoms with Gasteiger partial charge in [0.25, 0.3) is 0 Å². The van der Waals surface area contributed by atoms with Crippen molar-refractivity contribution in [1.82, 2.24) is 15.6 Å². The number of thiazole rings is 1. The summed E-state index contributed by atoms with van der Waals surface area (Å²) in [6, 6.07) is 16.6. The Labute approximate surface area is 206 Å². The van der Waals surface area contributed by atoms with Crippen LogP contribution in [0.1, 0.15) is 30.4 Å². The van der Waals surface area contributed by atoms with E-state index in [0.29, 0.717) is 11.0 Å². The van der Waals surface area contributed by atoms with Crippen LogP contribution in [0.25, 0.3) is 21.7 Å². The summed E-state index contributed by atoms with van der Waals surface area (Å²) in [5.41, 5.74) is 6.75. The lowest BCUT2D eigenvalue weighted by Gasteiger charge is -2.38. The van der Waals surface area contributed by atoms with E-state index >= 15 is 0 Å². The number of hydrogen-bond donors (Lipinski definition) is 3. The maximum Gasteiger partial charge on any atom is 0.186 e. The Balaban J connectivity index is 1.52. The van der Waals surface area contributed by atoms with Gasteiger partial charge in [0, 0.05) is 44.5 Å². The molecule has 2 aromatic carbocycles. The maximum atomic E-state index is 9.24. The monoisotopic (exact) mass is 472 g/mol. The molecule has 3 aromatic rings. The van der Waals surface area contributed by atoms with E-state index in [1.807, 2.05) is 38.4 Å². The van der Waals surface area contributed by atoms with Gasteiger partial charge in [-0.05, 0) is 73.7 Å². The van der Waals surface area contributed by atoms with E-state index in [1.54, 1.807) is 11.3 Å². The number of piperidine rings is 1. The SMILES string of the molecule is CNCc1cc(-c2sc(N3CCC4(CCNC4)CC3)nc2-c2ccc(C#N)cc2)ccc1NC. The summed E-state index contributed by atoms with van der Waals surface area (Å²) in [7, 11) is 3.94. The highest BCUT2D eigenvalue weighted by atomic mass is 32.1. The first kappa shape index (κ1) is 22.9. The number of nitrogens with one attached hydrogen (secondary N) is 3. The van der Waals surface area contributed by atoms with Gasteiger partial charge in [0.2, 0.25) is 0 Å². The standard InChI is InChI=1S/C27H32N6S/c1-29-17-22-15-21(7-8-23(22)30-2)25-24(20-5-3-19(16-28)4-6-20)32-26(34-25)33-13-10-27(11-14-33)9-12-31-18-27/h3-8,15,29-31H,9-14,17-18H2,1-2H3. The molecule has 0 unspecified atom stereocenters. The minimum absolute atomic E-state index is 0.484. The molecule has 0 atom stereocenters. The fourth-order valence-corrected chi connectivity index (χ4v) is 6.38. The Kier molecular flexibility index (Phi) is 6.55. The van der Waals surface area contributed by atoms with E-state index in [-0.39, 0.29) is 0 Å². The van der Waals surface area contributed by atoms with Crippen LogP contribution in [0.15, 0.2) is 42.5 Å². The van der Waals surface area contributed by atoms with Crippen molar-refractivity contribution in [2.24, 2.45) is 5.41 Å².